The molecule has 0 aromatic heterocycles. The van der Waals surface area contributed by atoms with Crippen LogP contribution in [0.4, 0.5) is 0 Å². The first-order valence-electron chi connectivity index (χ1n) is 4.88. The molecule has 0 amide bonds. The second kappa shape index (κ2) is 5.29. The minimum Gasteiger partial charge on any atom is -0.481 e. The van der Waals surface area contributed by atoms with Crippen molar-refractivity contribution in [2.45, 2.75) is 26.2 Å². The van der Waals surface area contributed by atoms with E-state index in [0.29, 0.717) is 12.8 Å². The van der Waals surface area contributed by atoms with Crippen LogP contribution < -0.4 is 0 Å². The summed E-state index contributed by atoms with van der Waals surface area (Å²) in [5.74, 6) is -0.836. The van der Waals surface area contributed by atoms with Gasteiger partial charge in [0.1, 0.15) is 6.29 Å². The van der Waals surface area contributed by atoms with Gasteiger partial charge in [0.25, 0.3) is 0 Å². The molecule has 0 aliphatic heterocycles. The Morgan fingerprint density at radius 1 is 1.47 bits per heavy atom. The highest BCUT2D eigenvalue weighted by molar-refractivity contribution is 5.71. The number of carboxylic acid groups (broad SMARTS) is 1. The molecule has 0 saturated heterocycles. The minimum atomic E-state index is -0.836. The third-order valence-corrected chi connectivity index (χ3v) is 2.37. The average Bonchev–Trinajstić information content (AvgIpc) is 2.18. The third kappa shape index (κ3) is 3.20. The zero-order valence-electron chi connectivity index (χ0n) is 8.69. The maximum atomic E-state index is 10.7. The summed E-state index contributed by atoms with van der Waals surface area (Å²) >= 11 is 0. The van der Waals surface area contributed by atoms with Crippen LogP contribution in [0.2, 0.25) is 0 Å². The van der Waals surface area contributed by atoms with E-state index in [4.69, 9.17) is 5.11 Å². The van der Waals surface area contributed by atoms with E-state index in [9.17, 15) is 9.59 Å². The smallest absolute Gasteiger partial charge is 0.307 e. The molecule has 15 heavy (non-hydrogen) atoms. The molecular formula is C12H14O3. The first kappa shape index (κ1) is 11.4. The van der Waals surface area contributed by atoms with Crippen molar-refractivity contribution in [2.24, 2.45) is 0 Å². The van der Waals surface area contributed by atoms with Crippen LogP contribution in [-0.2, 0) is 22.4 Å². The zero-order valence-corrected chi connectivity index (χ0v) is 8.69. The Hall–Kier alpha value is -1.64. The molecule has 0 heterocycles. The summed E-state index contributed by atoms with van der Waals surface area (Å²) in [6.07, 6.45) is 1.94. The maximum Gasteiger partial charge on any atom is 0.307 e. The molecule has 0 radical (unpaired) electrons. The van der Waals surface area contributed by atoms with Crippen LogP contribution in [0.15, 0.2) is 18.2 Å². The van der Waals surface area contributed by atoms with Gasteiger partial charge >= 0.3 is 5.97 Å². The van der Waals surface area contributed by atoms with E-state index in [2.05, 4.69) is 0 Å². The number of carbonyl (C=O) groups is 2. The van der Waals surface area contributed by atoms with Crippen molar-refractivity contribution >= 4 is 12.3 Å². The number of carbonyl (C=O) groups excluding carboxylic acids is 1. The molecule has 0 saturated carbocycles. The molecule has 0 unspecified atom stereocenters. The quantitative estimate of drug-likeness (QED) is 0.747. The van der Waals surface area contributed by atoms with Crippen LogP contribution in [0.5, 0.6) is 0 Å². The van der Waals surface area contributed by atoms with Gasteiger partial charge in [-0.1, -0.05) is 18.2 Å². The highest BCUT2D eigenvalue weighted by Gasteiger charge is 2.08. The van der Waals surface area contributed by atoms with Crippen molar-refractivity contribution in [3.63, 3.8) is 0 Å². The molecule has 0 aliphatic carbocycles. The number of carboxylic acids is 1. The van der Waals surface area contributed by atoms with Crippen molar-refractivity contribution in [1.29, 1.82) is 0 Å². The Labute approximate surface area is 88.7 Å². The summed E-state index contributed by atoms with van der Waals surface area (Å²) in [6.45, 7) is 1.89. The molecule has 1 aromatic rings. The van der Waals surface area contributed by atoms with Gasteiger partial charge in [0, 0.05) is 6.42 Å². The van der Waals surface area contributed by atoms with Gasteiger partial charge in [0.15, 0.2) is 0 Å². The number of aliphatic carboxylic acids is 1. The van der Waals surface area contributed by atoms with Crippen molar-refractivity contribution < 1.29 is 14.7 Å². The molecule has 80 valence electrons. The molecule has 3 nitrogen and oxygen atoms in total. The van der Waals surface area contributed by atoms with Crippen LogP contribution in [-0.4, -0.2) is 17.4 Å². The SMILES string of the molecule is Cc1cccc(CCC=O)c1CC(=O)O. The first-order chi connectivity index (χ1) is 7.15. The van der Waals surface area contributed by atoms with Crippen LogP contribution >= 0.6 is 0 Å². The summed E-state index contributed by atoms with van der Waals surface area (Å²) in [7, 11) is 0. The van der Waals surface area contributed by atoms with Crippen LogP contribution in [0.3, 0.4) is 0 Å². The molecule has 1 N–H and O–H groups in total. The van der Waals surface area contributed by atoms with Gasteiger partial charge in [-0.15, -0.1) is 0 Å². The standard InChI is InChI=1S/C12H14O3/c1-9-4-2-5-10(6-3-7-13)11(9)8-12(14)15/h2,4-5,7H,3,6,8H2,1H3,(H,14,15). The predicted octanol–water partition coefficient (Wildman–Crippen LogP) is 1.75. The number of aldehydes is 1. The molecule has 0 fully saturated rings. The zero-order chi connectivity index (χ0) is 11.3. The third-order valence-electron chi connectivity index (χ3n) is 2.37. The fourth-order valence-corrected chi connectivity index (χ4v) is 1.62. The Balaban J connectivity index is 2.96. The number of rotatable bonds is 5. The lowest BCUT2D eigenvalue weighted by Gasteiger charge is -2.09. The molecule has 1 aromatic carbocycles. The fraction of sp³-hybridized carbons (Fsp3) is 0.333. The first-order valence-corrected chi connectivity index (χ1v) is 4.88. The largest absolute Gasteiger partial charge is 0.481 e. The summed E-state index contributed by atoms with van der Waals surface area (Å²) < 4.78 is 0. The van der Waals surface area contributed by atoms with Gasteiger partial charge < -0.3 is 9.90 Å². The molecule has 3 heteroatoms. The lowest BCUT2D eigenvalue weighted by Crippen LogP contribution is -2.06. The van der Waals surface area contributed by atoms with E-state index in [0.717, 1.165) is 23.0 Å². The van der Waals surface area contributed by atoms with E-state index in [-0.39, 0.29) is 6.42 Å². The Morgan fingerprint density at radius 2 is 2.20 bits per heavy atom. The van der Waals surface area contributed by atoms with Gasteiger partial charge in [-0.2, -0.15) is 0 Å². The van der Waals surface area contributed by atoms with E-state index >= 15 is 0 Å². The number of hydrogen-bond acceptors (Lipinski definition) is 2. The van der Waals surface area contributed by atoms with Crippen molar-refractivity contribution in [3.05, 3.63) is 34.9 Å². The van der Waals surface area contributed by atoms with E-state index in [1.165, 1.54) is 0 Å². The Bertz CT molecular complexity index is 369. The Morgan fingerprint density at radius 3 is 2.80 bits per heavy atom. The second-order valence-corrected chi connectivity index (χ2v) is 3.49. The summed E-state index contributed by atoms with van der Waals surface area (Å²) in [6, 6.07) is 5.66. The topological polar surface area (TPSA) is 54.4 Å². The van der Waals surface area contributed by atoms with Crippen molar-refractivity contribution in [3.8, 4) is 0 Å². The average molecular weight is 206 g/mol. The number of aryl methyl sites for hydroxylation is 2. The molecular weight excluding hydrogens is 192 g/mol. The van der Waals surface area contributed by atoms with E-state index < -0.39 is 5.97 Å². The summed E-state index contributed by atoms with van der Waals surface area (Å²) in [5.41, 5.74) is 2.78. The van der Waals surface area contributed by atoms with E-state index in [1.807, 2.05) is 25.1 Å². The molecule has 0 aliphatic rings. The van der Waals surface area contributed by atoms with Crippen molar-refractivity contribution in [1.82, 2.24) is 0 Å². The Kier molecular flexibility index (Phi) is 4.03. The molecule has 1 rings (SSSR count). The fourth-order valence-electron chi connectivity index (χ4n) is 1.62. The van der Waals surface area contributed by atoms with E-state index in [1.54, 1.807) is 0 Å². The van der Waals surface area contributed by atoms with Gasteiger partial charge in [-0.05, 0) is 30.0 Å². The highest BCUT2D eigenvalue weighted by atomic mass is 16.4. The maximum absolute atomic E-state index is 10.7. The van der Waals surface area contributed by atoms with Gasteiger partial charge in [-0.3, -0.25) is 4.79 Å². The molecule has 0 spiro atoms. The summed E-state index contributed by atoms with van der Waals surface area (Å²) in [5, 5.41) is 8.77. The molecule has 0 bridgehead atoms. The van der Waals surface area contributed by atoms with Gasteiger partial charge in [0.2, 0.25) is 0 Å². The number of benzene rings is 1. The van der Waals surface area contributed by atoms with Crippen LogP contribution in [0.25, 0.3) is 0 Å². The van der Waals surface area contributed by atoms with Gasteiger partial charge in [-0.25, -0.2) is 0 Å². The summed E-state index contributed by atoms with van der Waals surface area (Å²) in [4.78, 5) is 21.0. The second-order valence-electron chi connectivity index (χ2n) is 3.49. The monoisotopic (exact) mass is 206 g/mol. The highest BCUT2D eigenvalue weighted by Crippen LogP contribution is 2.16. The van der Waals surface area contributed by atoms with Gasteiger partial charge in [0.05, 0.1) is 6.42 Å². The lowest BCUT2D eigenvalue weighted by molar-refractivity contribution is -0.136. The lowest BCUT2D eigenvalue weighted by atomic mass is 9.96. The molecule has 0 atom stereocenters. The minimum absolute atomic E-state index is 0.0286. The normalized spacial score (nSPS) is 9.93. The van der Waals surface area contributed by atoms with Crippen molar-refractivity contribution in [2.75, 3.05) is 0 Å². The number of hydrogen-bond donors (Lipinski definition) is 1. The predicted molar refractivity (Wildman–Crippen MR) is 56.9 cm³/mol. The van der Waals surface area contributed by atoms with Crippen LogP contribution in [0, 0.1) is 6.92 Å². The van der Waals surface area contributed by atoms with Crippen LogP contribution in [0.1, 0.15) is 23.1 Å².